The molecular weight excluding hydrogens is 296 g/mol. The Kier molecular flexibility index (Phi) is 6.52. The standard InChI is InChI=1S/C18H19ClN2O/c19-17-11-5-4-10-16(17)12-14-21-18(22)20-13-6-9-15-7-2-1-3-8-15/h1-5,7-8,10-12,14H,6,9,13H2,(H2,20,21,22)/b14-12+. The van der Waals surface area contributed by atoms with Crippen LogP contribution in [0.1, 0.15) is 17.5 Å². The number of urea groups is 1. The summed E-state index contributed by atoms with van der Waals surface area (Å²) in [7, 11) is 0. The summed E-state index contributed by atoms with van der Waals surface area (Å²) in [6.07, 6.45) is 5.22. The zero-order valence-corrected chi connectivity index (χ0v) is 13.0. The maximum Gasteiger partial charge on any atom is 0.318 e. The van der Waals surface area contributed by atoms with Crippen LogP contribution in [-0.4, -0.2) is 12.6 Å². The van der Waals surface area contributed by atoms with Gasteiger partial charge >= 0.3 is 6.03 Å². The number of nitrogens with one attached hydrogen (secondary N) is 2. The molecule has 0 unspecified atom stereocenters. The average Bonchev–Trinajstić information content (AvgIpc) is 2.54. The van der Waals surface area contributed by atoms with Crippen LogP contribution in [-0.2, 0) is 6.42 Å². The second-order valence-electron chi connectivity index (χ2n) is 4.84. The van der Waals surface area contributed by atoms with Crippen molar-refractivity contribution >= 4 is 23.7 Å². The minimum absolute atomic E-state index is 0.212. The van der Waals surface area contributed by atoms with Crippen molar-refractivity contribution in [1.82, 2.24) is 10.6 Å². The van der Waals surface area contributed by atoms with E-state index < -0.39 is 0 Å². The molecule has 2 N–H and O–H groups in total. The lowest BCUT2D eigenvalue weighted by atomic mass is 10.1. The van der Waals surface area contributed by atoms with E-state index in [2.05, 4.69) is 22.8 Å². The van der Waals surface area contributed by atoms with Crippen LogP contribution in [0, 0.1) is 0 Å². The number of aryl methyl sites for hydroxylation is 1. The number of hydrogen-bond acceptors (Lipinski definition) is 1. The van der Waals surface area contributed by atoms with Crippen molar-refractivity contribution in [2.75, 3.05) is 6.54 Å². The minimum Gasteiger partial charge on any atom is -0.338 e. The Labute approximate surface area is 136 Å². The van der Waals surface area contributed by atoms with Gasteiger partial charge in [0.15, 0.2) is 0 Å². The van der Waals surface area contributed by atoms with Crippen LogP contribution in [0.3, 0.4) is 0 Å². The summed E-state index contributed by atoms with van der Waals surface area (Å²) in [6.45, 7) is 0.640. The van der Waals surface area contributed by atoms with Gasteiger partial charge in [0.2, 0.25) is 0 Å². The molecule has 114 valence electrons. The lowest BCUT2D eigenvalue weighted by molar-refractivity contribution is 0.244. The topological polar surface area (TPSA) is 41.1 Å². The Balaban J connectivity index is 1.65. The van der Waals surface area contributed by atoms with Crippen molar-refractivity contribution in [3.8, 4) is 0 Å². The number of rotatable bonds is 6. The number of amides is 2. The second-order valence-corrected chi connectivity index (χ2v) is 5.25. The summed E-state index contributed by atoms with van der Waals surface area (Å²) in [5, 5.41) is 6.14. The van der Waals surface area contributed by atoms with Crippen LogP contribution in [0.25, 0.3) is 6.08 Å². The number of carbonyl (C=O) groups is 1. The van der Waals surface area contributed by atoms with Crippen molar-refractivity contribution in [3.05, 3.63) is 76.9 Å². The molecule has 3 nitrogen and oxygen atoms in total. The first-order chi connectivity index (χ1) is 10.8. The summed E-state index contributed by atoms with van der Waals surface area (Å²) in [6, 6.07) is 17.5. The smallest absolute Gasteiger partial charge is 0.318 e. The van der Waals surface area contributed by atoms with E-state index >= 15 is 0 Å². The fourth-order valence-electron chi connectivity index (χ4n) is 2.01. The quantitative estimate of drug-likeness (QED) is 0.769. The molecule has 22 heavy (non-hydrogen) atoms. The fraction of sp³-hybridized carbons (Fsp3) is 0.167. The van der Waals surface area contributed by atoms with Crippen molar-refractivity contribution < 1.29 is 4.79 Å². The van der Waals surface area contributed by atoms with E-state index in [1.165, 1.54) is 5.56 Å². The molecule has 2 rings (SSSR count). The van der Waals surface area contributed by atoms with Crippen LogP contribution in [0.5, 0.6) is 0 Å². The second kappa shape index (κ2) is 8.90. The van der Waals surface area contributed by atoms with Gasteiger partial charge in [0, 0.05) is 17.8 Å². The van der Waals surface area contributed by atoms with E-state index in [0.717, 1.165) is 18.4 Å². The highest BCUT2D eigenvalue weighted by molar-refractivity contribution is 6.32. The third-order valence-corrected chi connectivity index (χ3v) is 3.50. The lowest BCUT2D eigenvalue weighted by Gasteiger charge is -2.05. The molecule has 0 aliphatic carbocycles. The van der Waals surface area contributed by atoms with E-state index in [0.29, 0.717) is 11.6 Å². The zero-order valence-electron chi connectivity index (χ0n) is 12.3. The van der Waals surface area contributed by atoms with Crippen molar-refractivity contribution in [1.29, 1.82) is 0 Å². The largest absolute Gasteiger partial charge is 0.338 e. The molecule has 2 aromatic carbocycles. The summed E-state index contributed by atoms with van der Waals surface area (Å²) in [5.74, 6) is 0. The maximum atomic E-state index is 11.6. The first-order valence-electron chi connectivity index (χ1n) is 7.25. The van der Waals surface area contributed by atoms with E-state index in [1.54, 1.807) is 12.3 Å². The average molecular weight is 315 g/mol. The highest BCUT2D eigenvalue weighted by Gasteiger charge is 1.98. The molecule has 0 bridgehead atoms. The van der Waals surface area contributed by atoms with E-state index in [-0.39, 0.29) is 6.03 Å². The number of hydrogen-bond donors (Lipinski definition) is 2. The Morgan fingerprint density at radius 1 is 1.05 bits per heavy atom. The van der Waals surface area contributed by atoms with Crippen LogP contribution in [0.2, 0.25) is 5.02 Å². The van der Waals surface area contributed by atoms with Gasteiger partial charge in [0.05, 0.1) is 0 Å². The van der Waals surface area contributed by atoms with E-state index in [1.807, 2.05) is 42.5 Å². The van der Waals surface area contributed by atoms with Gasteiger partial charge in [-0.3, -0.25) is 0 Å². The predicted octanol–water partition coefficient (Wildman–Crippen LogP) is 4.24. The predicted molar refractivity (Wildman–Crippen MR) is 91.8 cm³/mol. The molecular formula is C18H19ClN2O. The molecule has 0 saturated heterocycles. The maximum absolute atomic E-state index is 11.6. The SMILES string of the molecule is O=C(N/C=C/c1ccccc1Cl)NCCCc1ccccc1. The van der Waals surface area contributed by atoms with Crippen LogP contribution in [0.15, 0.2) is 60.8 Å². The number of benzene rings is 2. The zero-order chi connectivity index (χ0) is 15.6. The summed E-state index contributed by atoms with van der Waals surface area (Å²) < 4.78 is 0. The first kappa shape index (κ1) is 16.1. The lowest BCUT2D eigenvalue weighted by Crippen LogP contribution is -2.32. The van der Waals surface area contributed by atoms with Gasteiger partial charge in [-0.25, -0.2) is 4.79 Å². The van der Waals surface area contributed by atoms with Gasteiger partial charge in [-0.2, -0.15) is 0 Å². The Hall–Kier alpha value is -2.26. The van der Waals surface area contributed by atoms with Gasteiger partial charge in [-0.1, -0.05) is 60.1 Å². The Morgan fingerprint density at radius 2 is 1.77 bits per heavy atom. The minimum atomic E-state index is -0.212. The fourth-order valence-corrected chi connectivity index (χ4v) is 2.21. The van der Waals surface area contributed by atoms with E-state index in [9.17, 15) is 4.79 Å². The Morgan fingerprint density at radius 3 is 2.55 bits per heavy atom. The molecule has 0 aromatic heterocycles. The molecule has 2 amide bonds. The van der Waals surface area contributed by atoms with Crippen molar-refractivity contribution in [2.24, 2.45) is 0 Å². The molecule has 0 radical (unpaired) electrons. The van der Waals surface area contributed by atoms with Crippen LogP contribution >= 0.6 is 11.6 Å². The number of halogens is 1. The van der Waals surface area contributed by atoms with Crippen LogP contribution < -0.4 is 10.6 Å². The molecule has 2 aromatic rings. The highest BCUT2D eigenvalue weighted by Crippen LogP contribution is 2.15. The molecule has 0 aliphatic rings. The summed E-state index contributed by atoms with van der Waals surface area (Å²) >= 11 is 6.02. The molecule has 0 spiro atoms. The van der Waals surface area contributed by atoms with Gasteiger partial charge in [0.25, 0.3) is 0 Å². The molecule has 0 aliphatic heterocycles. The highest BCUT2D eigenvalue weighted by atomic mass is 35.5. The molecule has 0 fully saturated rings. The third-order valence-electron chi connectivity index (χ3n) is 3.15. The molecule has 4 heteroatoms. The van der Waals surface area contributed by atoms with Crippen molar-refractivity contribution in [2.45, 2.75) is 12.8 Å². The normalized spacial score (nSPS) is 10.6. The number of carbonyl (C=O) groups excluding carboxylic acids is 1. The third kappa shape index (κ3) is 5.62. The monoisotopic (exact) mass is 314 g/mol. The van der Waals surface area contributed by atoms with E-state index in [4.69, 9.17) is 11.6 Å². The Bertz CT molecular complexity index is 626. The van der Waals surface area contributed by atoms with Crippen molar-refractivity contribution in [3.63, 3.8) is 0 Å². The first-order valence-corrected chi connectivity index (χ1v) is 7.63. The molecule has 0 atom stereocenters. The van der Waals surface area contributed by atoms with Gasteiger partial charge in [0.1, 0.15) is 0 Å². The molecule has 0 saturated carbocycles. The van der Waals surface area contributed by atoms with Gasteiger partial charge in [-0.15, -0.1) is 0 Å². The van der Waals surface area contributed by atoms with Gasteiger partial charge < -0.3 is 10.6 Å². The van der Waals surface area contributed by atoms with Crippen LogP contribution in [0.4, 0.5) is 4.79 Å². The summed E-state index contributed by atoms with van der Waals surface area (Å²) in [5.41, 5.74) is 2.15. The van der Waals surface area contributed by atoms with Gasteiger partial charge in [-0.05, 0) is 36.1 Å². The summed E-state index contributed by atoms with van der Waals surface area (Å²) in [4.78, 5) is 11.6. The molecule has 0 heterocycles.